The number of aliphatic hydroxyl groups is 1. The predicted octanol–water partition coefficient (Wildman–Crippen LogP) is 3.87. The number of anilines is 1. The highest BCUT2D eigenvalue weighted by molar-refractivity contribution is 5.61. The van der Waals surface area contributed by atoms with Gasteiger partial charge in [-0.15, -0.1) is 0 Å². The summed E-state index contributed by atoms with van der Waals surface area (Å²) in [7, 11) is 0. The molecule has 1 saturated heterocycles. The first-order chi connectivity index (χ1) is 10.5. The van der Waals surface area contributed by atoms with Crippen molar-refractivity contribution in [2.45, 2.75) is 51.9 Å². The van der Waals surface area contributed by atoms with Crippen molar-refractivity contribution in [3.63, 3.8) is 0 Å². The highest BCUT2D eigenvalue weighted by Crippen LogP contribution is 2.40. The lowest BCUT2D eigenvalue weighted by Crippen LogP contribution is -2.40. The maximum Gasteiger partial charge on any atom is 0.417 e. The Morgan fingerprint density at radius 3 is 2.35 bits per heavy atom. The Morgan fingerprint density at radius 1 is 1.30 bits per heavy atom. The molecule has 1 aliphatic heterocycles. The zero-order valence-corrected chi connectivity index (χ0v) is 13.7. The first kappa shape index (κ1) is 17.6. The minimum Gasteiger partial charge on any atom is -0.390 e. The summed E-state index contributed by atoms with van der Waals surface area (Å²) in [5, 5.41) is 19.2. The van der Waals surface area contributed by atoms with Crippen LogP contribution in [0.2, 0.25) is 0 Å². The number of hydrogen-bond donors (Lipinski definition) is 1. The molecule has 1 aliphatic rings. The molecular formula is C17H21F3N2O. The van der Waals surface area contributed by atoms with E-state index in [-0.39, 0.29) is 17.5 Å². The average molecular weight is 326 g/mol. The minimum atomic E-state index is -4.56. The van der Waals surface area contributed by atoms with Crippen LogP contribution in [0.5, 0.6) is 0 Å². The largest absolute Gasteiger partial charge is 0.417 e. The highest BCUT2D eigenvalue weighted by atomic mass is 19.4. The van der Waals surface area contributed by atoms with Gasteiger partial charge in [-0.05, 0) is 51.8 Å². The third-order valence-electron chi connectivity index (χ3n) is 4.73. The van der Waals surface area contributed by atoms with Crippen molar-refractivity contribution in [1.29, 1.82) is 5.26 Å². The highest BCUT2D eigenvalue weighted by Gasteiger charge is 2.41. The van der Waals surface area contributed by atoms with Crippen LogP contribution in [0.1, 0.15) is 43.9 Å². The molecule has 1 fully saturated rings. The van der Waals surface area contributed by atoms with Gasteiger partial charge < -0.3 is 10.0 Å². The molecule has 0 spiro atoms. The summed E-state index contributed by atoms with van der Waals surface area (Å²) in [5.74, 6) is -0.0214. The van der Waals surface area contributed by atoms with E-state index in [0.29, 0.717) is 24.2 Å². The Labute approximate surface area is 134 Å². The van der Waals surface area contributed by atoms with Gasteiger partial charge in [0.05, 0.1) is 22.8 Å². The van der Waals surface area contributed by atoms with E-state index in [1.807, 2.05) is 11.8 Å². The molecule has 0 amide bonds. The van der Waals surface area contributed by atoms with Gasteiger partial charge in [-0.3, -0.25) is 0 Å². The van der Waals surface area contributed by atoms with E-state index >= 15 is 0 Å². The third kappa shape index (κ3) is 3.30. The summed E-state index contributed by atoms with van der Waals surface area (Å²) in [4.78, 5) is 1.90. The van der Waals surface area contributed by atoms with Crippen LogP contribution in [0.3, 0.4) is 0 Å². The van der Waals surface area contributed by atoms with Crippen LogP contribution in [-0.4, -0.2) is 23.3 Å². The second kappa shape index (κ2) is 5.72. The topological polar surface area (TPSA) is 47.3 Å². The van der Waals surface area contributed by atoms with Crippen molar-refractivity contribution < 1.29 is 18.3 Å². The fourth-order valence-electron chi connectivity index (χ4n) is 3.56. The zero-order chi connectivity index (χ0) is 17.6. The lowest BCUT2D eigenvalue weighted by Gasteiger charge is -2.34. The van der Waals surface area contributed by atoms with Crippen LogP contribution >= 0.6 is 0 Å². The van der Waals surface area contributed by atoms with Crippen LogP contribution in [0.15, 0.2) is 12.1 Å². The monoisotopic (exact) mass is 326 g/mol. The molecule has 0 aromatic heterocycles. The third-order valence-corrected chi connectivity index (χ3v) is 4.73. The number of rotatable bonds is 2. The first-order valence-electron chi connectivity index (χ1n) is 7.57. The number of hydrogen-bond acceptors (Lipinski definition) is 3. The van der Waals surface area contributed by atoms with Crippen molar-refractivity contribution in [3.05, 3.63) is 28.8 Å². The van der Waals surface area contributed by atoms with Crippen molar-refractivity contribution in [3.8, 4) is 6.07 Å². The van der Waals surface area contributed by atoms with Gasteiger partial charge in [0.1, 0.15) is 0 Å². The van der Waals surface area contributed by atoms with Gasteiger partial charge in [-0.1, -0.05) is 0 Å². The van der Waals surface area contributed by atoms with E-state index in [4.69, 9.17) is 5.26 Å². The molecule has 2 atom stereocenters. The number of benzene rings is 1. The van der Waals surface area contributed by atoms with E-state index in [1.54, 1.807) is 26.8 Å². The van der Waals surface area contributed by atoms with Gasteiger partial charge in [0.2, 0.25) is 0 Å². The summed E-state index contributed by atoms with van der Waals surface area (Å²) in [6.07, 6.45) is -3.85. The van der Waals surface area contributed by atoms with Crippen molar-refractivity contribution in [2.24, 2.45) is 5.92 Å². The smallest absolute Gasteiger partial charge is 0.390 e. The predicted molar refractivity (Wildman–Crippen MR) is 82.1 cm³/mol. The molecule has 1 N–H and O–H groups in total. The van der Waals surface area contributed by atoms with Crippen LogP contribution in [0.25, 0.3) is 0 Å². The van der Waals surface area contributed by atoms with Crippen LogP contribution in [0, 0.1) is 24.2 Å². The van der Waals surface area contributed by atoms with Gasteiger partial charge in [0.15, 0.2) is 0 Å². The molecule has 6 heteroatoms. The average Bonchev–Trinajstić information content (AvgIpc) is 2.78. The maximum absolute atomic E-state index is 13.2. The van der Waals surface area contributed by atoms with Gasteiger partial charge in [0.25, 0.3) is 0 Å². The molecule has 2 rings (SSSR count). The summed E-state index contributed by atoms with van der Waals surface area (Å²) >= 11 is 0. The molecule has 1 aromatic rings. The normalized spacial score (nSPS) is 22.3. The molecule has 126 valence electrons. The van der Waals surface area contributed by atoms with E-state index in [9.17, 15) is 18.3 Å². The molecule has 2 unspecified atom stereocenters. The van der Waals surface area contributed by atoms with Crippen LogP contribution in [-0.2, 0) is 6.18 Å². The molecule has 1 aromatic carbocycles. The molecule has 23 heavy (non-hydrogen) atoms. The minimum absolute atomic E-state index is 0.0214. The zero-order valence-electron chi connectivity index (χ0n) is 13.7. The molecule has 0 radical (unpaired) electrons. The Balaban J connectivity index is 2.48. The van der Waals surface area contributed by atoms with Crippen LogP contribution in [0.4, 0.5) is 18.9 Å². The molecule has 3 nitrogen and oxygen atoms in total. The Hall–Kier alpha value is -1.74. The first-order valence-corrected chi connectivity index (χ1v) is 7.57. The fourth-order valence-corrected chi connectivity index (χ4v) is 3.56. The number of alkyl halides is 3. The number of nitrogens with zero attached hydrogens (tertiary/aromatic N) is 2. The Morgan fingerprint density at radius 2 is 1.91 bits per heavy atom. The van der Waals surface area contributed by atoms with Crippen molar-refractivity contribution in [2.75, 3.05) is 11.4 Å². The molecule has 0 bridgehead atoms. The Bertz CT molecular complexity index is 641. The molecule has 0 aliphatic carbocycles. The second-order valence-corrected chi connectivity index (χ2v) is 6.78. The fraction of sp³-hybridized carbons (Fsp3) is 0.588. The van der Waals surface area contributed by atoms with E-state index in [0.717, 1.165) is 6.07 Å². The van der Waals surface area contributed by atoms with Gasteiger partial charge in [-0.2, -0.15) is 18.4 Å². The SMILES string of the molecule is Cc1cc(C#N)c(C(F)(F)F)cc1N1CCC(C(C)(C)O)C1C. The lowest BCUT2D eigenvalue weighted by molar-refractivity contribution is -0.137. The summed E-state index contributed by atoms with van der Waals surface area (Å²) < 4.78 is 39.6. The van der Waals surface area contributed by atoms with Gasteiger partial charge in [-0.25, -0.2) is 0 Å². The Kier molecular flexibility index (Phi) is 4.38. The quantitative estimate of drug-likeness (QED) is 0.897. The molecule has 1 heterocycles. The van der Waals surface area contributed by atoms with Gasteiger partial charge in [0, 0.05) is 24.2 Å². The van der Waals surface area contributed by atoms with E-state index in [1.165, 1.54) is 6.07 Å². The summed E-state index contributed by atoms with van der Waals surface area (Å²) in [5.41, 5.74) is -1.03. The van der Waals surface area contributed by atoms with E-state index in [2.05, 4.69) is 0 Å². The van der Waals surface area contributed by atoms with E-state index < -0.39 is 17.3 Å². The van der Waals surface area contributed by atoms with Gasteiger partial charge >= 0.3 is 6.18 Å². The molecular weight excluding hydrogens is 305 g/mol. The number of halogens is 3. The summed E-state index contributed by atoms with van der Waals surface area (Å²) in [6, 6.07) is 3.91. The van der Waals surface area contributed by atoms with Crippen molar-refractivity contribution in [1.82, 2.24) is 0 Å². The maximum atomic E-state index is 13.2. The second-order valence-electron chi connectivity index (χ2n) is 6.78. The van der Waals surface area contributed by atoms with Crippen LogP contribution < -0.4 is 4.90 Å². The number of aryl methyl sites for hydroxylation is 1. The summed E-state index contributed by atoms with van der Waals surface area (Å²) in [6.45, 7) is 7.66. The standard InChI is InChI=1S/C17H21F3N2O/c1-10-7-12(9-21)14(17(18,19)20)8-15(10)22-6-5-13(11(22)2)16(3,4)23/h7-8,11,13,23H,5-6H2,1-4H3. The molecule has 0 saturated carbocycles. The van der Waals surface area contributed by atoms with Crippen molar-refractivity contribution >= 4 is 5.69 Å². The lowest BCUT2D eigenvalue weighted by atomic mass is 9.85. The number of nitriles is 1.